The van der Waals surface area contributed by atoms with Gasteiger partial charge in [0.05, 0.1) is 0 Å². The van der Waals surface area contributed by atoms with Gasteiger partial charge >= 0.3 is 0 Å². The van der Waals surface area contributed by atoms with Crippen LogP contribution in [0.15, 0.2) is 18.3 Å². The summed E-state index contributed by atoms with van der Waals surface area (Å²) in [4.78, 5) is 25.9. The van der Waals surface area contributed by atoms with E-state index in [2.05, 4.69) is 10.3 Å². The molecule has 0 aliphatic heterocycles. The molecule has 0 bridgehead atoms. The van der Waals surface area contributed by atoms with Crippen LogP contribution in [-0.2, 0) is 4.79 Å². The third kappa shape index (κ3) is 4.96. The van der Waals surface area contributed by atoms with Crippen molar-refractivity contribution in [3.63, 3.8) is 0 Å². The lowest BCUT2D eigenvalue weighted by atomic mass is 10.2. The Labute approximate surface area is 99.4 Å². The first kappa shape index (κ1) is 13.0. The average Bonchev–Trinajstić information content (AvgIpc) is 2.28. The number of nitrogen functional groups attached to an aromatic ring is 1. The van der Waals surface area contributed by atoms with Gasteiger partial charge in [0.15, 0.2) is 0 Å². The molecule has 6 nitrogen and oxygen atoms in total. The Morgan fingerprint density at radius 1 is 1.35 bits per heavy atom. The third-order valence-corrected chi connectivity index (χ3v) is 2.18. The van der Waals surface area contributed by atoms with Crippen LogP contribution in [0.25, 0.3) is 0 Å². The van der Waals surface area contributed by atoms with Gasteiger partial charge in [-0.05, 0) is 25.0 Å². The predicted molar refractivity (Wildman–Crippen MR) is 64.0 cm³/mol. The predicted octanol–water partition coefficient (Wildman–Crippen LogP) is 0.0492. The van der Waals surface area contributed by atoms with Crippen LogP contribution >= 0.6 is 0 Å². The van der Waals surface area contributed by atoms with E-state index >= 15 is 0 Å². The molecule has 17 heavy (non-hydrogen) atoms. The first-order valence-corrected chi connectivity index (χ1v) is 5.37. The number of carbonyl (C=O) groups is 2. The van der Waals surface area contributed by atoms with E-state index in [1.807, 2.05) is 0 Å². The first-order chi connectivity index (χ1) is 8.09. The fourth-order valence-corrected chi connectivity index (χ4v) is 1.32. The van der Waals surface area contributed by atoms with E-state index in [-0.39, 0.29) is 11.8 Å². The molecule has 0 atom stereocenters. The highest BCUT2D eigenvalue weighted by atomic mass is 16.2. The van der Waals surface area contributed by atoms with Gasteiger partial charge in [-0.15, -0.1) is 0 Å². The molecule has 5 N–H and O–H groups in total. The molecule has 0 aliphatic rings. The zero-order valence-corrected chi connectivity index (χ0v) is 9.48. The first-order valence-electron chi connectivity index (χ1n) is 5.37. The standard InChI is InChI=1S/C11H16N4O2/c12-9-7-8(4-6-14-9)11(17)15-5-2-1-3-10(13)16/h4,6-7H,1-3,5H2,(H2,12,14)(H2,13,16)(H,15,17). The van der Waals surface area contributed by atoms with Crippen molar-refractivity contribution in [1.82, 2.24) is 10.3 Å². The zero-order chi connectivity index (χ0) is 12.7. The molecule has 0 fully saturated rings. The van der Waals surface area contributed by atoms with Crippen LogP contribution in [0.1, 0.15) is 29.6 Å². The van der Waals surface area contributed by atoms with Gasteiger partial charge in [-0.2, -0.15) is 0 Å². The molecule has 2 amide bonds. The number of hydrogen-bond acceptors (Lipinski definition) is 4. The van der Waals surface area contributed by atoms with E-state index in [1.54, 1.807) is 6.07 Å². The normalized spacial score (nSPS) is 9.88. The summed E-state index contributed by atoms with van der Waals surface area (Å²) in [5.74, 6) is -0.206. The molecule has 0 unspecified atom stereocenters. The van der Waals surface area contributed by atoms with Crippen LogP contribution in [0.4, 0.5) is 5.82 Å². The second kappa shape index (κ2) is 6.47. The van der Waals surface area contributed by atoms with Crippen molar-refractivity contribution in [1.29, 1.82) is 0 Å². The number of rotatable bonds is 6. The Morgan fingerprint density at radius 3 is 2.76 bits per heavy atom. The molecule has 0 spiro atoms. The van der Waals surface area contributed by atoms with Crippen molar-refractivity contribution in [2.45, 2.75) is 19.3 Å². The number of carbonyl (C=O) groups excluding carboxylic acids is 2. The molecule has 0 aromatic carbocycles. The molecule has 0 saturated heterocycles. The minimum atomic E-state index is -0.321. The summed E-state index contributed by atoms with van der Waals surface area (Å²) in [5, 5.41) is 2.73. The average molecular weight is 236 g/mol. The second-order valence-electron chi connectivity index (χ2n) is 3.65. The summed E-state index contributed by atoms with van der Waals surface area (Å²) in [6.45, 7) is 0.508. The molecule has 1 rings (SSSR count). The smallest absolute Gasteiger partial charge is 0.251 e. The monoisotopic (exact) mass is 236 g/mol. The van der Waals surface area contributed by atoms with Crippen LogP contribution in [0.3, 0.4) is 0 Å². The van der Waals surface area contributed by atoms with Gasteiger partial charge in [0.2, 0.25) is 5.91 Å². The van der Waals surface area contributed by atoms with Gasteiger partial charge < -0.3 is 16.8 Å². The van der Waals surface area contributed by atoms with E-state index in [9.17, 15) is 9.59 Å². The molecule has 0 aliphatic carbocycles. The summed E-state index contributed by atoms with van der Waals surface area (Å²) in [6, 6.07) is 3.11. The van der Waals surface area contributed by atoms with E-state index in [4.69, 9.17) is 11.5 Å². The number of nitrogens with zero attached hydrogens (tertiary/aromatic N) is 1. The fourth-order valence-electron chi connectivity index (χ4n) is 1.32. The second-order valence-corrected chi connectivity index (χ2v) is 3.65. The third-order valence-electron chi connectivity index (χ3n) is 2.18. The number of hydrogen-bond donors (Lipinski definition) is 3. The minimum Gasteiger partial charge on any atom is -0.384 e. The number of unbranched alkanes of at least 4 members (excludes halogenated alkanes) is 1. The maximum atomic E-state index is 11.6. The summed E-state index contributed by atoms with van der Waals surface area (Å²) in [6.07, 6.45) is 3.22. The van der Waals surface area contributed by atoms with Crippen molar-refractivity contribution in [2.75, 3.05) is 12.3 Å². The van der Waals surface area contributed by atoms with Crippen LogP contribution in [0.2, 0.25) is 0 Å². The molecule has 0 saturated carbocycles. The Hall–Kier alpha value is -2.11. The summed E-state index contributed by atoms with van der Waals surface area (Å²) in [7, 11) is 0. The van der Waals surface area contributed by atoms with Crippen molar-refractivity contribution < 1.29 is 9.59 Å². The van der Waals surface area contributed by atoms with Crippen LogP contribution in [-0.4, -0.2) is 23.3 Å². The quantitative estimate of drug-likeness (QED) is 0.606. The van der Waals surface area contributed by atoms with Crippen LogP contribution in [0.5, 0.6) is 0 Å². The highest BCUT2D eigenvalue weighted by Crippen LogP contribution is 2.02. The Balaban J connectivity index is 2.28. The summed E-state index contributed by atoms with van der Waals surface area (Å²) < 4.78 is 0. The van der Waals surface area contributed by atoms with Crippen molar-refractivity contribution in [3.8, 4) is 0 Å². The lowest BCUT2D eigenvalue weighted by Crippen LogP contribution is -2.24. The van der Waals surface area contributed by atoms with Gasteiger partial charge in [0, 0.05) is 24.7 Å². The topological polar surface area (TPSA) is 111 Å². The molecule has 1 aromatic rings. The number of primary amides is 1. The van der Waals surface area contributed by atoms with Gasteiger partial charge in [-0.1, -0.05) is 0 Å². The Bertz CT molecular complexity index is 406. The maximum Gasteiger partial charge on any atom is 0.251 e. The van der Waals surface area contributed by atoms with Gasteiger partial charge in [-0.25, -0.2) is 4.98 Å². The fraction of sp³-hybridized carbons (Fsp3) is 0.364. The van der Waals surface area contributed by atoms with E-state index < -0.39 is 0 Å². The molecule has 0 radical (unpaired) electrons. The number of pyridine rings is 1. The molecular formula is C11H16N4O2. The Kier molecular flexibility index (Phi) is 4.93. The molecule has 1 aromatic heterocycles. The van der Waals surface area contributed by atoms with Crippen LogP contribution < -0.4 is 16.8 Å². The number of nitrogens with one attached hydrogen (secondary N) is 1. The van der Waals surface area contributed by atoms with E-state index in [0.29, 0.717) is 30.8 Å². The minimum absolute atomic E-state index is 0.196. The van der Waals surface area contributed by atoms with Crippen molar-refractivity contribution in [2.24, 2.45) is 5.73 Å². The number of aromatic nitrogens is 1. The van der Waals surface area contributed by atoms with Crippen LogP contribution in [0, 0.1) is 0 Å². The summed E-state index contributed by atoms with van der Waals surface area (Å²) in [5.41, 5.74) is 10.9. The zero-order valence-electron chi connectivity index (χ0n) is 9.48. The SMILES string of the molecule is NC(=O)CCCCNC(=O)c1ccnc(N)c1. The number of nitrogens with two attached hydrogens (primary N) is 2. The van der Waals surface area contributed by atoms with Crippen molar-refractivity contribution >= 4 is 17.6 Å². The van der Waals surface area contributed by atoms with Gasteiger partial charge in [0.25, 0.3) is 5.91 Å². The van der Waals surface area contributed by atoms with Gasteiger partial charge in [0.1, 0.15) is 5.82 Å². The van der Waals surface area contributed by atoms with E-state index in [0.717, 1.165) is 6.42 Å². The van der Waals surface area contributed by atoms with Crippen molar-refractivity contribution in [3.05, 3.63) is 23.9 Å². The maximum absolute atomic E-state index is 11.6. The molecular weight excluding hydrogens is 220 g/mol. The highest BCUT2D eigenvalue weighted by Gasteiger charge is 2.04. The lowest BCUT2D eigenvalue weighted by molar-refractivity contribution is -0.118. The molecule has 1 heterocycles. The molecule has 92 valence electrons. The molecule has 6 heteroatoms. The number of anilines is 1. The van der Waals surface area contributed by atoms with Gasteiger partial charge in [-0.3, -0.25) is 9.59 Å². The largest absolute Gasteiger partial charge is 0.384 e. The summed E-state index contributed by atoms with van der Waals surface area (Å²) >= 11 is 0. The highest BCUT2D eigenvalue weighted by molar-refractivity contribution is 5.94. The lowest BCUT2D eigenvalue weighted by Gasteiger charge is -2.04. The Morgan fingerprint density at radius 2 is 2.12 bits per heavy atom. The van der Waals surface area contributed by atoms with E-state index in [1.165, 1.54) is 12.3 Å². The number of amides is 2.